The number of benzene rings is 1. The predicted octanol–water partition coefficient (Wildman–Crippen LogP) is 3.33. The lowest BCUT2D eigenvalue weighted by Crippen LogP contribution is -2.42. The first kappa shape index (κ1) is 13.3. The molecule has 1 heterocycles. The van der Waals surface area contributed by atoms with Crippen molar-refractivity contribution in [1.82, 2.24) is 14.8 Å². The van der Waals surface area contributed by atoms with E-state index in [4.69, 9.17) is 4.74 Å². The molecule has 3 rings (SSSR count). The van der Waals surface area contributed by atoms with Gasteiger partial charge >= 0.3 is 0 Å². The van der Waals surface area contributed by atoms with E-state index in [-0.39, 0.29) is 11.6 Å². The van der Waals surface area contributed by atoms with Crippen molar-refractivity contribution in [3.05, 3.63) is 48.5 Å². The van der Waals surface area contributed by atoms with Crippen LogP contribution in [0.3, 0.4) is 0 Å². The predicted molar refractivity (Wildman–Crippen MR) is 77.3 cm³/mol. The zero-order chi connectivity index (χ0) is 13.8. The van der Waals surface area contributed by atoms with Crippen LogP contribution in [0.1, 0.15) is 44.2 Å². The highest BCUT2D eigenvalue weighted by Crippen LogP contribution is 2.47. The topological polar surface area (TPSA) is 39.9 Å². The molecule has 1 aromatic carbocycles. The fraction of sp³-hybridized carbons (Fsp3) is 0.500. The lowest BCUT2D eigenvalue weighted by atomic mass is 9.75. The molecule has 0 spiro atoms. The van der Waals surface area contributed by atoms with E-state index < -0.39 is 0 Å². The van der Waals surface area contributed by atoms with Crippen LogP contribution in [-0.4, -0.2) is 21.4 Å². The molecule has 1 aromatic heterocycles. The molecule has 20 heavy (non-hydrogen) atoms. The molecule has 2 unspecified atom stereocenters. The van der Waals surface area contributed by atoms with Gasteiger partial charge in [-0.15, -0.1) is 0 Å². The summed E-state index contributed by atoms with van der Waals surface area (Å²) in [7, 11) is 0. The number of nitrogens with zero attached hydrogens (tertiary/aromatic N) is 3. The molecule has 0 radical (unpaired) electrons. The Bertz CT molecular complexity index is 522. The van der Waals surface area contributed by atoms with Crippen LogP contribution in [0.2, 0.25) is 0 Å². The van der Waals surface area contributed by atoms with Crippen molar-refractivity contribution in [3.8, 4) is 0 Å². The third-order valence-electron chi connectivity index (χ3n) is 4.23. The Kier molecular flexibility index (Phi) is 3.83. The third kappa shape index (κ3) is 2.24. The molecule has 0 saturated heterocycles. The second kappa shape index (κ2) is 5.75. The van der Waals surface area contributed by atoms with E-state index in [0.717, 1.165) is 12.8 Å². The van der Waals surface area contributed by atoms with Gasteiger partial charge < -0.3 is 4.74 Å². The number of hydrogen-bond donors (Lipinski definition) is 0. The van der Waals surface area contributed by atoms with Crippen LogP contribution in [0.25, 0.3) is 0 Å². The first-order valence-corrected chi connectivity index (χ1v) is 7.40. The van der Waals surface area contributed by atoms with Crippen molar-refractivity contribution in [3.63, 3.8) is 0 Å². The molecule has 2 atom stereocenters. The highest BCUT2D eigenvalue weighted by atomic mass is 16.5. The number of ether oxygens (including phenoxy) is 1. The van der Waals surface area contributed by atoms with Gasteiger partial charge in [0.1, 0.15) is 18.3 Å². The Balaban J connectivity index is 2.06. The molecule has 2 aromatic rings. The molecule has 4 heteroatoms. The summed E-state index contributed by atoms with van der Waals surface area (Å²) in [5, 5.41) is 4.37. The summed E-state index contributed by atoms with van der Waals surface area (Å²) in [6.45, 7) is 2.78. The summed E-state index contributed by atoms with van der Waals surface area (Å²) < 4.78 is 8.28. The van der Waals surface area contributed by atoms with Gasteiger partial charge in [-0.05, 0) is 25.3 Å². The van der Waals surface area contributed by atoms with Crippen molar-refractivity contribution in [2.45, 2.75) is 44.2 Å². The van der Waals surface area contributed by atoms with Crippen LogP contribution in [0.4, 0.5) is 0 Å². The van der Waals surface area contributed by atoms with Gasteiger partial charge in [-0.1, -0.05) is 43.2 Å². The standard InChI is InChI=1S/C16H21N3O/c1-2-20-16(14-8-4-3-5-9-14)11-7-6-10-15(16)19-13-17-12-18-19/h3-5,8-9,12-13,15H,2,6-7,10-11H2,1H3. The molecule has 0 amide bonds. The summed E-state index contributed by atoms with van der Waals surface area (Å²) in [5.41, 5.74) is 0.976. The first-order valence-electron chi connectivity index (χ1n) is 7.40. The molecule has 1 saturated carbocycles. The maximum Gasteiger partial charge on any atom is 0.137 e. The van der Waals surface area contributed by atoms with Crippen LogP contribution >= 0.6 is 0 Å². The molecule has 1 aliphatic carbocycles. The maximum atomic E-state index is 6.30. The fourth-order valence-electron chi connectivity index (χ4n) is 3.42. The van der Waals surface area contributed by atoms with E-state index in [1.807, 2.05) is 11.0 Å². The average molecular weight is 271 g/mol. The van der Waals surface area contributed by atoms with E-state index in [2.05, 4.69) is 47.3 Å². The number of hydrogen-bond acceptors (Lipinski definition) is 3. The highest BCUT2D eigenvalue weighted by Gasteiger charge is 2.44. The largest absolute Gasteiger partial charge is 0.368 e. The van der Waals surface area contributed by atoms with Crippen molar-refractivity contribution in [1.29, 1.82) is 0 Å². The molecule has 0 aliphatic heterocycles. The third-order valence-corrected chi connectivity index (χ3v) is 4.23. The zero-order valence-corrected chi connectivity index (χ0v) is 11.9. The van der Waals surface area contributed by atoms with Gasteiger partial charge in [0.15, 0.2) is 0 Å². The summed E-state index contributed by atoms with van der Waals surface area (Å²) in [6.07, 6.45) is 7.95. The number of rotatable bonds is 4. The number of aromatic nitrogens is 3. The maximum absolute atomic E-state index is 6.30. The lowest BCUT2D eigenvalue weighted by molar-refractivity contribution is -0.108. The minimum Gasteiger partial charge on any atom is -0.368 e. The van der Waals surface area contributed by atoms with Crippen LogP contribution in [0.15, 0.2) is 43.0 Å². The first-order chi connectivity index (χ1) is 9.87. The Morgan fingerprint density at radius 3 is 2.85 bits per heavy atom. The average Bonchev–Trinajstić information content (AvgIpc) is 3.03. The summed E-state index contributed by atoms with van der Waals surface area (Å²) >= 11 is 0. The van der Waals surface area contributed by atoms with Crippen molar-refractivity contribution < 1.29 is 4.74 Å². The smallest absolute Gasteiger partial charge is 0.137 e. The van der Waals surface area contributed by atoms with E-state index in [1.165, 1.54) is 18.4 Å². The van der Waals surface area contributed by atoms with Crippen LogP contribution in [-0.2, 0) is 10.3 Å². The second-order valence-corrected chi connectivity index (χ2v) is 5.33. The summed E-state index contributed by atoms with van der Waals surface area (Å²) in [5.74, 6) is 0. The van der Waals surface area contributed by atoms with E-state index in [1.54, 1.807) is 6.33 Å². The Hall–Kier alpha value is -1.68. The Morgan fingerprint density at radius 2 is 2.15 bits per heavy atom. The van der Waals surface area contributed by atoms with Crippen LogP contribution in [0.5, 0.6) is 0 Å². The molecule has 1 aliphatic rings. The van der Waals surface area contributed by atoms with Gasteiger partial charge in [0.25, 0.3) is 0 Å². The van der Waals surface area contributed by atoms with Crippen molar-refractivity contribution in [2.75, 3.05) is 6.61 Å². The van der Waals surface area contributed by atoms with Gasteiger partial charge in [-0.3, -0.25) is 0 Å². The Morgan fingerprint density at radius 1 is 1.30 bits per heavy atom. The summed E-state index contributed by atoms with van der Waals surface area (Å²) in [6, 6.07) is 10.8. The molecular formula is C16H21N3O. The van der Waals surface area contributed by atoms with E-state index in [0.29, 0.717) is 6.61 Å². The molecule has 4 nitrogen and oxygen atoms in total. The van der Waals surface area contributed by atoms with Gasteiger partial charge in [-0.2, -0.15) is 5.10 Å². The zero-order valence-electron chi connectivity index (χ0n) is 11.9. The Labute approximate surface area is 119 Å². The quantitative estimate of drug-likeness (QED) is 0.856. The van der Waals surface area contributed by atoms with Crippen molar-refractivity contribution in [2.24, 2.45) is 0 Å². The minimum atomic E-state index is -0.276. The summed E-state index contributed by atoms with van der Waals surface area (Å²) in [4.78, 5) is 4.11. The normalized spacial score (nSPS) is 26.6. The van der Waals surface area contributed by atoms with E-state index >= 15 is 0 Å². The molecular weight excluding hydrogens is 250 g/mol. The second-order valence-electron chi connectivity index (χ2n) is 5.33. The fourth-order valence-corrected chi connectivity index (χ4v) is 3.42. The lowest BCUT2D eigenvalue weighted by Gasteiger charge is -2.44. The molecule has 1 fully saturated rings. The van der Waals surface area contributed by atoms with Gasteiger partial charge in [0.2, 0.25) is 0 Å². The van der Waals surface area contributed by atoms with E-state index in [9.17, 15) is 0 Å². The van der Waals surface area contributed by atoms with Crippen LogP contribution in [0, 0.1) is 0 Å². The SMILES string of the molecule is CCOC1(c2ccccc2)CCCCC1n1cncn1. The molecule has 0 bridgehead atoms. The van der Waals surface area contributed by atoms with Gasteiger partial charge in [0.05, 0.1) is 6.04 Å². The highest BCUT2D eigenvalue weighted by molar-refractivity contribution is 5.25. The monoisotopic (exact) mass is 271 g/mol. The molecule has 0 N–H and O–H groups in total. The van der Waals surface area contributed by atoms with Gasteiger partial charge in [-0.25, -0.2) is 9.67 Å². The minimum absolute atomic E-state index is 0.223. The van der Waals surface area contributed by atoms with Crippen LogP contribution < -0.4 is 0 Å². The van der Waals surface area contributed by atoms with Crippen molar-refractivity contribution >= 4 is 0 Å². The van der Waals surface area contributed by atoms with Gasteiger partial charge in [0, 0.05) is 6.61 Å². The molecule has 106 valence electrons.